The van der Waals surface area contributed by atoms with Crippen LogP contribution in [-0.4, -0.2) is 12.2 Å². The molecule has 1 aliphatic heterocycles. The molecule has 1 saturated heterocycles. The van der Waals surface area contributed by atoms with Crippen LogP contribution in [0.4, 0.5) is 0 Å². The van der Waals surface area contributed by atoms with E-state index in [-0.39, 0.29) is 12.1 Å². The normalized spacial score (nSPS) is 27.0. The Hall–Kier alpha value is -0.860. The first-order valence-corrected chi connectivity index (χ1v) is 6.05. The highest BCUT2D eigenvalue weighted by Gasteiger charge is 2.28. The second-order valence-corrected chi connectivity index (χ2v) is 5.01. The first-order chi connectivity index (χ1) is 7.56. The van der Waals surface area contributed by atoms with Gasteiger partial charge in [-0.05, 0) is 39.2 Å². The fourth-order valence-electron chi connectivity index (χ4n) is 2.51. The molecule has 1 heterocycles. The van der Waals surface area contributed by atoms with Gasteiger partial charge in [0.1, 0.15) is 0 Å². The van der Waals surface area contributed by atoms with Crippen molar-refractivity contribution in [1.82, 2.24) is 0 Å². The molecular weight excluding hydrogens is 198 g/mol. The zero-order chi connectivity index (χ0) is 11.7. The summed E-state index contributed by atoms with van der Waals surface area (Å²) >= 11 is 0. The van der Waals surface area contributed by atoms with Gasteiger partial charge in [-0.2, -0.15) is 0 Å². The maximum Gasteiger partial charge on any atom is 0.0772 e. The van der Waals surface area contributed by atoms with Crippen molar-refractivity contribution in [3.05, 3.63) is 34.9 Å². The predicted octanol–water partition coefficient (Wildman–Crippen LogP) is 2.87. The molecule has 0 spiro atoms. The van der Waals surface area contributed by atoms with Crippen LogP contribution in [0.3, 0.4) is 0 Å². The molecule has 1 aromatic rings. The van der Waals surface area contributed by atoms with Gasteiger partial charge in [-0.3, -0.25) is 0 Å². The van der Waals surface area contributed by atoms with Crippen LogP contribution in [0.1, 0.15) is 42.5 Å². The van der Waals surface area contributed by atoms with Crippen molar-refractivity contribution < 1.29 is 4.74 Å². The van der Waals surface area contributed by atoms with Crippen LogP contribution in [0.15, 0.2) is 18.2 Å². The number of hydrogen-bond donors (Lipinski definition) is 1. The summed E-state index contributed by atoms with van der Waals surface area (Å²) in [5.74, 6) is 0. The molecular formula is C14H21NO. The quantitative estimate of drug-likeness (QED) is 0.830. The lowest BCUT2D eigenvalue weighted by molar-refractivity contribution is 0.0401. The molecule has 1 fully saturated rings. The van der Waals surface area contributed by atoms with E-state index in [0.29, 0.717) is 6.10 Å². The van der Waals surface area contributed by atoms with Crippen molar-refractivity contribution in [3.63, 3.8) is 0 Å². The topological polar surface area (TPSA) is 35.2 Å². The molecule has 2 rings (SSSR count). The highest BCUT2D eigenvalue weighted by atomic mass is 16.5. The first-order valence-electron chi connectivity index (χ1n) is 6.05. The minimum absolute atomic E-state index is 0.0172. The van der Waals surface area contributed by atoms with Crippen molar-refractivity contribution in [2.45, 2.75) is 51.9 Å². The van der Waals surface area contributed by atoms with E-state index < -0.39 is 0 Å². The van der Waals surface area contributed by atoms with Gasteiger partial charge < -0.3 is 10.5 Å². The molecule has 2 N–H and O–H groups in total. The van der Waals surface area contributed by atoms with E-state index in [0.717, 1.165) is 12.8 Å². The number of ether oxygens (including phenoxy) is 1. The molecule has 88 valence electrons. The van der Waals surface area contributed by atoms with Crippen LogP contribution in [0.25, 0.3) is 0 Å². The smallest absolute Gasteiger partial charge is 0.0772 e. The lowest BCUT2D eigenvalue weighted by atomic mass is 9.97. The SMILES string of the molecule is Cc1cc(C)cc(C(N)C2CCC(C)O2)c1. The summed E-state index contributed by atoms with van der Waals surface area (Å²) in [5, 5.41) is 0. The summed E-state index contributed by atoms with van der Waals surface area (Å²) in [5.41, 5.74) is 10.0. The fraction of sp³-hybridized carbons (Fsp3) is 0.571. The van der Waals surface area contributed by atoms with Crippen molar-refractivity contribution in [3.8, 4) is 0 Å². The van der Waals surface area contributed by atoms with Gasteiger partial charge in [0.2, 0.25) is 0 Å². The maximum absolute atomic E-state index is 6.28. The number of benzene rings is 1. The zero-order valence-electron chi connectivity index (χ0n) is 10.4. The third kappa shape index (κ3) is 2.45. The maximum atomic E-state index is 6.28. The Kier molecular flexibility index (Phi) is 3.31. The molecule has 2 nitrogen and oxygen atoms in total. The Bertz CT molecular complexity index is 355. The molecule has 1 aromatic carbocycles. The lowest BCUT2D eigenvalue weighted by Gasteiger charge is -2.20. The average Bonchev–Trinajstić information content (AvgIpc) is 2.62. The number of nitrogens with two attached hydrogens (primary N) is 1. The molecule has 1 aliphatic rings. The Morgan fingerprint density at radius 3 is 2.31 bits per heavy atom. The van der Waals surface area contributed by atoms with Gasteiger partial charge in [-0.25, -0.2) is 0 Å². The third-order valence-corrected chi connectivity index (χ3v) is 3.29. The summed E-state index contributed by atoms with van der Waals surface area (Å²) in [6.07, 6.45) is 2.76. The molecule has 0 radical (unpaired) electrons. The lowest BCUT2D eigenvalue weighted by Crippen LogP contribution is -2.26. The Morgan fingerprint density at radius 2 is 1.81 bits per heavy atom. The van der Waals surface area contributed by atoms with Crippen LogP contribution in [0.5, 0.6) is 0 Å². The van der Waals surface area contributed by atoms with E-state index in [1.54, 1.807) is 0 Å². The Labute approximate surface area is 97.8 Å². The van der Waals surface area contributed by atoms with Crippen LogP contribution in [-0.2, 0) is 4.74 Å². The van der Waals surface area contributed by atoms with E-state index in [1.165, 1.54) is 16.7 Å². The van der Waals surface area contributed by atoms with Gasteiger partial charge in [0.25, 0.3) is 0 Å². The monoisotopic (exact) mass is 219 g/mol. The molecule has 0 aromatic heterocycles. The van der Waals surface area contributed by atoms with E-state index in [1.807, 2.05) is 0 Å². The second kappa shape index (κ2) is 4.56. The molecule has 0 amide bonds. The Balaban J connectivity index is 2.17. The Morgan fingerprint density at radius 1 is 1.19 bits per heavy atom. The summed E-state index contributed by atoms with van der Waals surface area (Å²) in [6, 6.07) is 6.53. The summed E-state index contributed by atoms with van der Waals surface area (Å²) in [7, 11) is 0. The highest BCUT2D eigenvalue weighted by Crippen LogP contribution is 2.29. The number of rotatable bonds is 2. The zero-order valence-corrected chi connectivity index (χ0v) is 10.4. The number of hydrogen-bond acceptors (Lipinski definition) is 2. The summed E-state index contributed by atoms with van der Waals surface area (Å²) in [4.78, 5) is 0. The minimum Gasteiger partial charge on any atom is -0.373 e. The average molecular weight is 219 g/mol. The van der Waals surface area contributed by atoms with Crippen LogP contribution in [0, 0.1) is 13.8 Å². The van der Waals surface area contributed by atoms with Crippen molar-refractivity contribution in [2.24, 2.45) is 5.73 Å². The number of aryl methyl sites for hydroxylation is 2. The van der Waals surface area contributed by atoms with Crippen molar-refractivity contribution >= 4 is 0 Å². The molecule has 16 heavy (non-hydrogen) atoms. The molecule has 3 unspecified atom stereocenters. The van der Waals surface area contributed by atoms with Crippen molar-refractivity contribution in [2.75, 3.05) is 0 Å². The standard InChI is InChI=1S/C14H21NO/c1-9-6-10(2)8-12(7-9)14(15)13-5-4-11(3)16-13/h6-8,11,13-14H,4-5,15H2,1-3H3. The van der Waals surface area contributed by atoms with Crippen LogP contribution < -0.4 is 5.73 Å². The van der Waals surface area contributed by atoms with E-state index in [4.69, 9.17) is 10.5 Å². The predicted molar refractivity (Wildman–Crippen MR) is 66.4 cm³/mol. The van der Waals surface area contributed by atoms with Gasteiger partial charge in [-0.1, -0.05) is 29.3 Å². The minimum atomic E-state index is 0.0172. The van der Waals surface area contributed by atoms with Crippen LogP contribution in [0.2, 0.25) is 0 Å². The van der Waals surface area contributed by atoms with E-state index in [2.05, 4.69) is 39.0 Å². The summed E-state index contributed by atoms with van der Waals surface area (Å²) < 4.78 is 5.83. The van der Waals surface area contributed by atoms with E-state index in [9.17, 15) is 0 Å². The molecule has 0 aliphatic carbocycles. The van der Waals surface area contributed by atoms with Gasteiger partial charge in [0.15, 0.2) is 0 Å². The highest BCUT2D eigenvalue weighted by molar-refractivity contribution is 5.31. The summed E-state index contributed by atoms with van der Waals surface area (Å²) in [6.45, 7) is 6.34. The largest absolute Gasteiger partial charge is 0.373 e. The van der Waals surface area contributed by atoms with Crippen molar-refractivity contribution in [1.29, 1.82) is 0 Å². The molecule has 0 saturated carbocycles. The van der Waals surface area contributed by atoms with Gasteiger partial charge in [0, 0.05) is 0 Å². The molecule has 2 heteroatoms. The second-order valence-electron chi connectivity index (χ2n) is 5.01. The molecule has 3 atom stereocenters. The fourth-order valence-corrected chi connectivity index (χ4v) is 2.51. The third-order valence-electron chi connectivity index (χ3n) is 3.29. The van der Waals surface area contributed by atoms with Gasteiger partial charge in [0.05, 0.1) is 18.2 Å². The van der Waals surface area contributed by atoms with Gasteiger partial charge in [-0.15, -0.1) is 0 Å². The van der Waals surface area contributed by atoms with E-state index >= 15 is 0 Å². The van der Waals surface area contributed by atoms with Crippen LogP contribution >= 0.6 is 0 Å². The first kappa shape index (κ1) is 11.6. The van der Waals surface area contributed by atoms with Gasteiger partial charge >= 0.3 is 0 Å². The molecule has 0 bridgehead atoms.